The minimum Gasteiger partial charge on any atom is -0.496 e. The van der Waals surface area contributed by atoms with Gasteiger partial charge in [0.2, 0.25) is 0 Å². The second-order valence-electron chi connectivity index (χ2n) is 4.81. The molecule has 0 radical (unpaired) electrons. The lowest BCUT2D eigenvalue weighted by Crippen LogP contribution is -2.23. The molecule has 0 spiro atoms. The molecule has 0 bridgehead atoms. The van der Waals surface area contributed by atoms with Crippen molar-refractivity contribution < 1.29 is 13.5 Å². The molecular weight excluding hydrogens is 292 g/mol. The standard InChI is InChI=1S/C16H19F2NOS/c1-3-7-19-14(16-15(20-2)6-8-21-16)10-11-4-5-12(17)13(18)9-11/h4-6,8-9,14,19H,3,7,10H2,1-2H3. The molecule has 1 heterocycles. The van der Waals surface area contributed by atoms with Crippen LogP contribution in [0.4, 0.5) is 8.78 Å². The van der Waals surface area contributed by atoms with E-state index in [0.29, 0.717) is 6.42 Å². The first-order chi connectivity index (χ1) is 10.2. The first-order valence-corrected chi connectivity index (χ1v) is 7.82. The number of thiophene rings is 1. The Bertz CT molecular complexity index is 585. The van der Waals surface area contributed by atoms with Crippen molar-refractivity contribution in [2.75, 3.05) is 13.7 Å². The molecule has 1 atom stereocenters. The largest absolute Gasteiger partial charge is 0.496 e. The molecule has 0 saturated heterocycles. The molecule has 1 N–H and O–H groups in total. The maximum Gasteiger partial charge on any atom is 0.159 e. The van der Waals surface area contributed by atoms with Crippen LogP contribution in [0.2, 0.25) is 0 Å². The molecule has 1 aromatic carbocycles. The summed E-state index contributed by atoms with van der Waals surface area (Å²) in [5.74, 6) is -0.790. The van der Waals surface area contributed by atoms with Gasteiger partial charge in [-0.05, 0) is 48.5 Å². The van der Waals surface area contributed by atoms with E-state index in [4.69, 9.17) is 4.74 Å². The Kier molecular flexibility index (Phi) is 5.70. The molecule has 0 aliphatic heterocycles. The number of rotatable bonds is 7. The van der Waals surface area contributed by atoms with Crippen LogP contribution in [-0.4, -0.2) is 13.7 Å². The predicted molar refractivity (Wildman–Crippen MR) is 82.0 cm³/mol. The molecule has 0 aliphatic carbocycles. The number of methoxy groups -OCH3 is 1. The van der Waals surface area contributed by atoms with E-state index < -0.39 is 11.6 Å². The fourth-order valence-electron chi connectivity index (χ4n) is 2.21. The third kappa shape index (κ3) is 4.02. The summed E-state index contributed by atoms with van der Waals surface area (Å²) in [7, 11) is 1.64. The number of ether oxygens (including phenoxy) is 1. The molecule has 1 aromatic heterocycles. The summed E-state index contributed by atoms with van der Waals surface area (Å²) in [6.07, 6.45) is 1.59. The van der Waals surface area contributed by atoms with Crippen molar-refractivity contribution in [3.05, 3.63) is 51.7 Å². The van der Waals surface area contributed by atoms with E-state index in [1.165, 1.54) is 12.1 Å². The highest BCUT2D eigenvalue weighted by Crippen LogP contribution is 2.33. The van der Waals surface area contributed by atoms with Crippen LogP contribution in [0.5, 0.6) is 5.75 Å². The zero-order valence-corrected chi connectivity index (χ0v) is 13.0. The lowest BCUT2D eigenvalue weighted by atomic mass is 10.0. The SMILES string of the molecule is CCCNC(Cc1ccc(F)c(F)c1)c1sccc1OC. The van der Waals surface area contributed by atoms with Crippen LogP contribution in [0.1, 0.15) is 29.8 Å². The van der Waals surface area contributed by atoms with Gasteiger partial charge in [-0.25, -0.2) is 8.78 Å². The Labute approximate surface area is 127 Å². The molecule has 0 fully saturated rings. The van der Waals surface area contributed by atoms with Crippen LogP contribution in [0.15, 0.2) is 29.6 Å². The molecule has 2 aromatic rings. The lowest BCUT2D eigenvalue weighted by molar-refractivity contribution is 0.402. The summed E-state index contributed by atoms with van der Waals surface area (Å²) in [5.41, 5.74) is 0.762. The smallest absolute Gasteiger partial charge is 0.159 e. The van der Waals surface area contributed by atoms with E-state index in [1.807, 2.05) is 11.4 Å². The van der Waals surface area contributed by atoms with Crippen molar-refractivity contribution in [2.24, 2.45) is 0 Å². The van der Waals surface area contributed by atoms with E-state index in [9.17, 15) is 8.78 Å². The third-order valence-corrected chi connectivity index (χ3v) is 4.27. The molecule has 5 heteroatoms. The molecule has 0 saturated carbocycles. The summed E-state index contributed by atoms with van der Waals surface area (Å²) in [6, 6.07) is 6.01. The normalized spacial score (nSPS) is 12.4. The zero-order chi connectivity index (χ0) is 15.2. The zero-order valence-electron chi connectivity index (χ0n) is 12.2. The van der Waals surface area contributed by atoms with Crippen LogP contribution in [0.3, 0.4) is 0 Å². The highest BCUT2D eigenvalue weighted by Gasteiger charge is 2.18. The van der Waals surface area contributed by atoms with Gasteiger partial charge in [0, 0.05) is 6.04 Å². The van der Waals surface area contributed by atoms with Crippen LogP contribution in [-0.2, 0) is 6.42 Å². The maximum atomic E-state index is 13.4. The van der Waals surface area contributed by atoms with Crippen molar-refractivity contribution >= 4 is 11.3 Å². The summed E-state index contributed by atoms with van der Waals surface area (Å²) in [5, 5.41) is 5.42. The molecule has 1 unspecified atom stereocenters. The summed E-state index contributed by atoms with van der Waals surface area (Å²) < 4.78 is 31.7. The average Bonchev–Trinajstić information content (AvgIpc) is 2.95. The lowest BCUT2D eigenvalue weighted by Gasteiger charge is -2.19. The van der Waals surface area contributed by atoms with E-state index in [0.717, 1.165) is 29.2 Å². The van der Waals surface area contributed by atoms with Crippen molar-refractivity contribution in [2.45, 2.75) is 25.8 Å². The van der Waals surface area contributed by atoms with Crippen LogP contribution >= 0.6 is 11.3 Å². The first kappa shape index (κ1) is 15.9. The Balaban J connectivity index is 2.21. The van der Waals surface area contributed by atoms with Crippen molar-refractivity contribution in [3.63, 3.8) is 0 Å². The predicted octanol–water partition coefficient (Wildman–Crippen LogP) is 4.32. The molecule has 114 valence electrons. The highest BCUT2D eigenvalue weighted by molar-refractivity contribution is 7.10. The van der Waals surface area contributed by atoms with Crippen LogP contribution < -0.4 is 10.1 Å². The first-order valence-electron chi connectivity index (χ1n) is 6.94. The Morgan fingerprint density at radius 2 is 2.05 bits per heavy atom. The maximum absolute atomic E-state index is 13.4. The van der Waals surface area contributed by atoms with E-state index >= 15 is 0 Å². The number of benzene rings is 1. The Morgan fingerprint density at radius 1 is 1.24 bits per heavy atom. The van der Waals surface area contributed by atoms with Gasteiger partial charge in [-0.1, -0.05) is 13.0 Å². The summed E-state index contributed by atoms with van der Waals surface area (Å²) in [6.45, 7) is 2.95. The summed E-state index contributed by atoms with van der Waals surface area (Å²) in [4.78, 5) is 1.08. The topological polar surface area (TPSA) is 21.3 Å². The average molecular weight is 311 g/mol. The monoisotopic (exact) mass is 311 g/mol. The Hall–Kier alpha value is -1.46. The van der Waals surface area contributed by atoms with Crippen molar-refractivity contribution in [1.82, 2.24) is 5.32 Å². The van der Waals surface area contributed by atoms with Gasteiger partial charge in [-0.2, -0.15) is 0 Å². The van der Waals surface area contributed by atoms with Gasteiger partial charge in [0.05, 0.1) is 12.0 Å². The molecule has 21 heavy (non-hydrogen) atoms. The van der Waals surface area contributed by atoms with E-state index in [2.05, 4.69) is 12.2 Å². The molecule has 0 aliphatic rings. The van der Waals surface area contributed by atoms with Gasteiger partial charge in [0.1, 0.15) is 5.75 Å². The minimum absolute atomic E-state index is 0.0322. The van der Waals surface area contributed by atoms with Gasteiger partial charge in [0.25, 0.3) is 0 Å². The van der Waals surface area contributed by atoms with Gasteiger partial charge in [-0.15, -0.1) is 11.3 Å². The second-order valence-corrected chi connectivity index (χ2v) is 5.76. The molecule has 2 rings (SSSR count). The number of hydrogen-bond acceptors (Lipinski definition) is 3. The van der Waals surface area contributed by atoms with Gasteiger partial charge < -0.3 is 10.1 Å². The van der Waals surface area contributed by atoms with E-state index in [1.54, 1.807) is 24.5 Å². The van der Waals surface area contributed by atoms with Crippen LogP contribution in [0.25, 0.3) is 0 Å². The Morgan fingerprint density at radius 3 is 2.71 bits per heavy atom. The highest BCUT2D eigenvalue weighted by atomic mass is 32.1. The molecular formula is C16H19F2NOS. The fraction of sp³-hybridized carbons (Fsp3) is 0.375. The summed E-state index contributed by atoms with van der Waals surface area (Å²) >= 11 is 1.60. The minimum atomic E-state index is -0.814. The molecule has 0 amide bonds. The fourth-order valence-corrected chi connectivity index (χ4v) is 3.15. The van der Waals surface area contributed by atoms with Gasteiger partial charge >= 0.3 is 0 Å². The van der Waals surface area contributed by atoms with Gasteiger partial charge in [0.15, 0.2) is 11.6 Å². The quantitative estimate of drug-likeness (QED) is 0.822. The van der Waals surface area contributed by atoms with Crippen molar-refractivity contribution in [1.29, 1.82) is 0 Å². The number of hydrogen-bond donors (Lipinski definition) is 1. The number of halogens is 2. The van der Waals surface area contributed by atoms with Gasteiger partial charge in [-0.3, -0.25) is 0 Å². The number of nitrogens with one attached hydrogen (secondary N) is 1. The van der Waals surface area contributed by atoms with E-state index in [-0.39, 0.29) is 6.04 Å². The third-order valence-electron chi connectivity index (χ3n) is 3.26. The van der Waals surface area contributed by atoms with Crippen molar-refractivity contribution in [3.8, 4) is 5.75 Å². The second kappa shape index (κ2) is 7.52. The van der Waals surface area contributed by atoms with Crippen LogP contribution in [0, 0.1) is 11.6 Å². The molecule has 2 nitrogen and oxygen atoms in total.